The molecular weight excluding hydrogens is 274 g/mol. The molecule has 0 amide bonds. The molecule has 1 N–H and O–H groups in total. The highest BCUT2D eigenvalue weighted by Gasteiger charge is 2.20. The summed E-state index contributed by atoms with van der Waals surface area (Å²) in [7, 11) is 1.57. The quantitative estimate of drug-likeness (QED) is 0.712. The first-order chi connectivity index (χ1) is 9.58. The van der Waals surface area contributed by atoms with Crippen molar-refractivity contribution in [3.8, 4) is 0 Å². The van der Waals surface area contributed by atoms with Crippen LogP contribution in [0.25, 0.3) is 0 Å². The van der Waals surface area contributed by atoms with Crippen molar-refractivity contribution in [2.45, 2.75) is 32.7 Å². The Kier molecular flexibility index (Phi) is 7.69. The van der Waals surface area contributed by atoms with E-state index in [0.717, 1.165) is 10.6 Å². The smallest absolute Gasteiger partial charge is 0.118 e. The first kappa shape index (κ1) is 17.0. The molecule has 112 valence electrons. The monoisotopic (exact) mass is 297 g/mol. The largest absolute Gasteiger partial charge is 0.389 e. The molecule has 4 nitrogen and oxygen atoms in total. The number of rotatable bonds is 9. The van der Waals surface area contributed by atoms with Crippen LogP contribution in [0.4, 0.5) is 0 Å². The second-order valence-electron chi connectivity index (χ2n) is 4.72. The summed E-state index contributed by atoms with van der Waals surface area (Å²) in [5, 5.41) is 13.0. The van der Waals surface area contributed by atoms with E-state index in [1.165, 1.54) is 0 Å². The predicted octanol–water partition coefficient (Wildman–Crippen LogP) is 2.80. The minimum Gasteiger partial charge on any atom is -0.389 e. The van der Waals surface area contributed by atoms with E-state index in [0.29, 0.717) is 13.2 Å². The van der Waals surface area contributed by atoms with E-state index in [9.17, 15) is 5.11 Å². The lowest BCUT2D eigenvalue weighted by atomic mass is 9.97. The highest BCUT2D eigenvalue weighted by Crippen LogP contribution is 2.15. The van der Waals surface area contributed by atoms with E-state index in [2.05, 4.69) is 11.6 Å². The van der Waals surface area contributed by atoms with Gasteiger partial charge in [-0.15, -0.1) is 17.9 Å². The minimum absolute atomic E-state index is 0.0265. The molecule has 0 aliphatic carbocycles. The van der Waals surface area contributed by atoms with Crippen LogP contribution in [0.15, 0.2) is 35.9 Å². The third-order valence-corrected chi connectivity index (χ3v) is 3.72. The van der Waals surface area contributed by atoms with Crippen molar-refractivity contribution in [2.24, 2.45) is 5.92 Å². The van der Waals surface area contributed by atoms with Crippen molar-refractivity contribution in [1.29, 1.82) is 0 Å². The predicted molar refractivity (Wildman–Crippen MR) is 81.7 cm³/mol. The summed E-state index contributed by atoms with van der Waals surface area (Å²) in [5.41, 5.74) is 1.08. The Hall–Kier alpha value is -1.01. The molecule has 0 spiro atoms. The molecule has 1 rings (SSSR count). The van der Waals surface area contributed by atoms with Crippen LogP contribution >= 0.6 is 11.3 Å². The zero-order valence-electron chi connectivity index (χ0n) is 12.3. The van der Waals surface area contributed by atoms with Crippen LogP contribution in [-0.4, -0.2) is 36.0 Å². The number of aromatic nitrogens is 1. The fourth-order valence-electron chi connectivity index (χ4n) is 1.89. The van der Waals surface area contributed by atoms with E-state index in [-0.39, 0.29) is 12.0 Å². The zero-order valence-corrected chi connectivity index (χ0v) is 13.1. The number of thiazole rings is 1. The molecular formula is C15H23NO3S. The van der Waals surface area contributed by atoms with Gasteiger partial charge in [0, 0.05) is 24.6 Å². The normalized spacial score (nSPS) is 16.7. The molecule has 0 aliphatic rings. The topological polar surface area (TPSA) is 51.6 Å². The Labute approximate surface area is 124 Å². The minimum atomic E-state index is -0.605. The van der Waals surface area contributed by atoms with Crippen LogP contribution < -0.4 is 0 Å². The van der Waals surface area contributed by atoms with Gasteiger partial charge in [0.15, 0.2) is 0 Å². The van der Waals surface area contributed by atoms with Gasteiger partial charge in [0.25, 0.3) is 0 Å². The Bertz CT molecular complexity index is 417. The summed E-state index contributed by atoms with van der Waals surface area (Å²) in [4.78, 5) is 4.15. The standard InChI is InChI=1S/C15H23NO3S/c1-5-13(18-4)15(17)12(3)8-11(2)9-19-10-14-16-6-7-20-14/h5-8,12-13,15,17H,1,9-10H2,2-4H3. The van der Waals surface area contributed by atoms with Crippen molar-refractivity contribution in [1.82, 2.24) is 4.98 Å². The average Bonchev–Trinajstić information content (AvgIpc) is 2.93. The van der Waals surface area contributed by atoms with Crippen LogP contribution in [0.3, 0.4) is 0 Å². The highest BCUT2D eigenvalue weighted by molar-refractivity contribution is 7.09. The molecule has 0 fully saturated rings. The fourth-order valence-corrected chi connectivity index (χ4v) is 2.45. The molecule has 0 bridgehead atoms. The van der Waals surface area contributed by atoms with Crippen molar-refractivity contribution in [2.75, 3.05) is 13.7 Å². The van der Waals surface area contributed by atoms with Crippen LogP contribution in [0.5, 0.6) is 0 Å². The molecule has 0 saturated carbocycles. The Balaban J connectivity index is 2.40. The maximum absolute atomic E-state index is 10.1. The third-order valence-electron chi connectivity index (χ3n) is 2.97. The molecule has 3 unspecified atom stereocenters. The molecule has 0 radical (unpaired) electrons. The molecule has 0 aliphatic heterocycles. The third kappa shape index (κ3) is 5.54. The number of aliphatic hydroxyl groups excluding tert-OH is 1. The lowest BCUT2D eigenvalue weighted by Gasteiger charge is -2.22. The van der Waals surface area contributed by atoms with Gasteiger partial charge in [-0.25, -0.2) is 4.98 Å². The highest BCUT2D eigenvalue weighted by atomic mass is 32.1. The Morgan fingerprint density at radius 2 is 2.35 bits per heavy atom. The fraction of sp³-hybridized carbons (Fsp3) is 0.533. The van der Waals surface area contributed by atoms with Gasteiger partial charge in [-0.1, -0.05) is 24.6 Å². The number of methoxy groups -OCH3 is 1. The summed E-state index contributed by atoms with van der Waals surface area (Å²) in [6.07, 6.45) is 4.42. The van der Waals surface area contributed by atoms with Gasteiger partial charge in [-0.05, 0) is 6.92 Å². The Morgan fingerprint density at radius 1 is 1.60 bits per heavy atom. The molecule has 3 atom stereocenters. The summed E-state index contributed by atoms with van der Waals surface area (Å²) in [6, 6.07) is 0. The Morgan fingerprint density at radius 3 is 2.90 bits per heavy atom. The van der Waals surface area contributed by atoms with Gasteiger partial charge in [0.1, 0.15) is 11.1 Å². The van der Waals surface area contributed by atoms with Gasteiger partial charge >= 0.3 is 0 Å². The lowest BCUT2D eigenvalue weighted by Crippen LogP contribution is -2.31. The molecule has 0 aromatic carbocycles. The number of nitrogens with zero attached hydrogens (tertiary/aromatic N) is 1. The summed E-state index contributed by atoms with van der Waals surface area (Å²) in [6.45, 7) is 8.64. The molecule has 5 heteroatoms. The van der Waals surface area contributed by atoms with E-state index >= 15 is 0 Å². The summed E-state index contributed by atoms with van der Waals surface area (Å²) >= 11 is 1.58. The van der Waals surface area contributed by atoms with Gasteiger partial charge < -0.3 is 14.6 Å². The van der Waals surface area contributed by atoms with E-state index in [4.69, 9.17) is 9.47 Å². The second-order valence-corrected chi connectivity index (χ2v) is 5.70. The van der Waals surface area contributed by atoms with Crippen LogP contribution in [-0.2, 0) is 16.1 Å². The van der Waals surface area contributed by atoms with E-state index in [1.54, 1.807) is 30.7 Å². The second kappa shape index (κ2) is 9.02. The first-order valence-electron chi connectivity index (χ1n) is 6.55. The van der Waals surface area contributed by atoms with Gasteiger partial charge in [-0.2, -0.15) is 0 Å². The molecule has 1 aromatic rings. The van der Waals surface area contributed by atoms with Gasteiger partial charge in [0.2, 0.25) is 0 Å². The van der Waals surface area contributed by atoms with Crippen molar-refractivity contribution < 1.29 is 14.6 Å². The molecule has 1 heterocycles. The lowest BCUT2D eigenvalue weighted by molar-refractivity contribution is -0.00171. The molecule has 1 aromatic heterocycles. The number of hydrogen-bond acceptors (Lipinski definition) is 5. The van der Waals surface area contributed by atoms with E-state index < -0.39 is 6.10 Å². The van der Waals surface area contributed by atoms with Crippen LogP contribution in [0.1, 0.15) is 18.9 Å². The van der Waals surface area contributed by atoms with Crippen molar-refractivity contribution in [3.63, 3.8) is 0 Å². The maximum atomic E-state index is 10.1. The first-order valence-corrected chi connectivity index (χ1v) is 7.43. The van der Waals surface area contributed by atoms with Crippen LogP contribution in [0, 0.1) is 5.92 Å². The van der Waals surface area contributed by atoms with E-state index in [1.807, 2.05) is 25.3 Å². The number of ether oxygens (including phenoxy) is 2. The SMILES string of the molecule is C=CC(OC)C(O)C(C)C=C(C)COCc1nccs1. The zero-order chi connectivity index (χ0) is 15.0. The number of aliphatic hydroxyl groups is 1. The maximum Gasteiger partial charge on any atom is 0.118 e. The van der Waals surface area contributed by atoms with Crippen molar-refractivity contribution in [3.05, 3.63) is 40.9 Å². The molecule has 20 heavy (non-hydrogen) atoms. The summed E-state index contributed by atoms with van der Waals surface area (Å²) < 4.78 is 10.7. The van der Waals surface area contributed by atoms with Crippen LogP contribution in [0.2, 0.25) is 0 Å². The van der Waals surface area contributed by atoms with Gasteiger partial charge in [-0.3, -0.25) is 0 Å². The molecule has 0 saturated heterocycles. The summed E-state index contributed by atoms with van der Waals surface area (Å²) in [5.74, 6) is -0.0265. The number of hydrogen-bond donors (Lipinski definition) is 1. The van der Waals surface area contributed by atoms with Crippen molar-refractivity contribution >= 4 is 11.3 Å². The average molecular weight is 297 g/mol. The van der Waals surface area contributed by atoms with Gasteiger partial charge in [0.05, 0.1) is 19.3 Å².